The number of nitrogens with zero attached hydrogens (tertiary/aromatic N) is 1. The summed E-state index contributed by atoms with van der Waals surface area (Å²) >= 11 is 0. The zero-order valence-corrected chi connectivity index (χ0v) is 17.0. The van der Waals surface area contributed by atoms with Gasteiger partial charge in [0.15, 0.2) is 5.82 Å². The minimum Gasteiger partial charge on any atom is -0.347 e. The van der Waals surface area contributed by atoms with E-state index in [9.17, 15) is 9.59 Å². The molecule has 1 fully saturated rings. The third kappa shape index (κ3) is 5.68. The number of aromatic amines is 1. The van der Waals surface area contributed by atoms with Gasteiger partial charge in [-0.2, -0.15) is 5.10 Å². The Bertz CT molecular complexity index is 812. The van der Waals surface area contributed by atoms with Crippen molar-refractivity contribution < 1.29 is 9.59 Å². The Morgan fingerprint density at radius 2 is 1.64 bits per heavy atom. The maximum absolute atomic E-state index is 12.5. The van der Waals surface area contributed by atoms with Gasteiger partial charge in [0.05, 0.1) is 0 Å². The van der Waals surface area contributed by atoms with E-state index in [1.54, 1.807) is 24.3 Å². The highest BCUT2D eigenvalue weighted by atomic mass is 16.2. The fourth-order valence-corrected chi connectivity index (χ4v) is 3.61. The Labute approximate surface area is 166 Å². The average molecular weight is 383 g/mol. The molecule has 28 heavy (non-hydrogen) atoms. The van der Waals surface area contributed by atoms with Gasteiger partial charge in [-0.25, -0.2) is 0 Å². The summed E-state index contributed by atoms with van der Waals surface area (Å²) in [5.74, 6) is 0.854. The van der Waals surface area contributed by atoms with E-state index in [4.69, 9.17) is 0 Å². The normalized spacial score (nSPS) is 15.2. The van der Waals surface area contributed by atoms with Gasteiger partial charge in [-0.15, -0.1) is 0 Å². The standard InChI is InChI=1S/C22H30N4O2/c1-22(2,3)24-21(28)17-11-9-16(10-12-17)20(27)23-19-14-18(25-26-19)13-15-7-5-4-6-8-15/h9-12,14-15H,4-8,13H2,1-3H3,(H,24,28)(H2,23,25,26,27). The second kappa shape index (κ2) is 8.59. The molecule has 150 valence electrons. The second-order valence-corrected chi connectivity index (χ2v) is 8.72. The van der Waals surface area contributed by atoms with Crippen molar-refractivity contribution in [3.8, 4) is 0 Å². The number of hydrogen-bond donors (Lipinski definition) is 3. The lowest BCUT2D eigenvalue weighted by Crippen LogP contribution is -2.40. The maximum atomic E-state index is 12.5. The molecule has 3 rings (SSSR count). The van der Waals surface area contributed by atoms with Gasteiger partial charge in [0.2, 0.25) is 0 Å². The highest BCUT2D eigenvalue weighted by Crippen LogP contribution is 2.26. The van der Waals surface area contributed by atoms with Gasteiger partial charge in [-0.05, 0) is 57.4 Å². The second-order valence-electron chi connectivity index (χ2n) is 8.72. The number of benzene rings is 1. The summed E-state index contributed by atoms with van der Waals surface area (Å²) < 4.78 is 0. The van der Waals surface area contributed by atoms with E-state index in [0.717, 1.165) is 12.1 Å². The van der Waals surface area contributed by atoms with Crippen LogP contribution in [0.5, 0.6) is 0 Å². The van der Waals surface area contributed by atoms with Crippen molar-refractivity contribution in [2.24, 2.45) is 5.92 Å². The lowest BCUT2D eigenvalue weighted by Gasteiger charge is -2.20. The number of amides is 2. The molecule has 1 aliphatic carbocycles. The maximum Gasteiger partial charge on any atom is 0.256 e. The smallest absolute Gasteiger partial charge is 0.256 e. The molecule has 1 aliphatic rings. The van der Waals surface area contributed by atoms with Gasteiger partial charge in [-0.3, -0.25) is 14.7 Å². The van der Waals surface area contributed by atoms with Gasteiger partial charge in [0.25, 0.3) is 11.8 Å². The molecule has 1 heterocycles. The topological polar surface area (TPSA) is 86.9 Å². The molecular formula is C22H30N4O2. The Balaban J connectivity index is 1.56. The SMILES string of the molecule is CC(C)(C)NC(=O)c1ccc(C(=O)Nc2cc(CC3CCCCC3)[nH]n2)cc1. The molecule has 0 atom stereocenters. The largest absolute Gasteiger partial charge is 0.347 e. The van der Waals surface area contributed by atoms with E-state index in [-0.39, 0.29) is 17.4 Å². The van der Waals surface area contributed by atoms with Crippen molar-refractivity contribution in [3.63, 3.8) is 0 Å². The van der Waals surface area contributed by atoms with Crippen molar-refractivity contribution in [2.45, 2.75) is 64.8 Å². The van der Waals surface area contributed by atoms with Crippen molar-refractivity contribution in [1.82, 2.24) is 15.5 Å². The number of carbonyl (C=O) groups is 2. The first-order chi connectivity index (χ1) is 13.3. The van der Waals surface area contributed by atoms with E-state index in [0.29, 0.717) is 22.9 Å². The van der Waals surface area contributed by atoms with Crippen molar-refractivity contribution >= 4 is 17.6 Å². The Hall–Kier alpha value is -2.63. The summed E-state index contributed by atoms with van der Waals surface area (Å²) in [4.78, 5) is 24.6. The molecule has 0 radical (unpaired) electrons. The van der Waals surface area contributed by atoms with E-state index >= 15 is 0 Å². The predicted molar refractivity (Wildman–Crippen MR) is 110 cm³/mol. The van der Waals surface area contributed by atoms with Gasteiger partial charge in [0, 0.05) is 28.4 Å². The van der Waals surface area contributed by atoms with Crippen LogP contribution in [-0.2, 0) is 6.42 Å². The summed E-state index contributed by atoms with van der Waals surface area (Å²) in [5.41, 5.74) is 1.78. The molecule has 6 nitrogen and oxygen atoms in total. The van der Waals surface area contributed by atoms with Crippen molar-refractivity contribution in [1.29, 1.82) is 0 Å². The monoisotopic (exact) mass is 382 g/mol. The Morgan fingerprint density at radius 3 is 2.25 bits per heavy atom. The van der Waals surface area contributed by atoms with Crippen LogP contribution in [-0.4, -0.2) is 27.6 Å². The lowest BCUT2D eigenvalue weighted by molar-refractivity contribution is 0.0918. The van der Waals surface area contributed by atoms with Gasteiger partial charge >= 0.3 is 0 Å². The summed E-state index contributed by atoms with van der Waals surface area (Å²) in [5, 5.41) is 13.0. The number of rotatable bonds is 5. The Morgan fingerprint density at radius 1 is 1.04 bits per heavy atom. The number of carbonyl (C=O) groups excluding carboxylic acids is 2. The zero-order chi connectivity index (χ0) is 20.1. The lowest BCUT2D eigenvalue weighted by atomic mass is 9.86. The summed E-state index contributed by atoms with van der Waals surface area (Å²) in [7, 11) is 0. The van der Waals surface area contributed by atoms with Gasteiger partial charge in [-0.1, -0.05) is 32.1 Å². The molecule has 2 amide bonds. The summed E-state index contributed by atoms with van der Waals surface area (Å²) in [6.07, 6.45) is 7.50. The summed E-state index contributed by atoms with van der Waals surface area (Å²) in [6, 6.07) is 8.55. The highest BCUT2D eigenvalue weighted by molar-refractivity contribution is 6.04. The zero-order valence-electron chi connectivity index (χ0n) is 17.0. The third-order valence-corrected chi connectivity index (χ3v) is 5.00. The minimum atomic E-state index is -0.303. The fourth-order valence-electron chi connectivity index (χ4n) is 3.61. The van der Waals surface area contributed by atoms with Gasteiger partial charge < -0.3 is 10.6 Å². The summed E-state index contributed by atoms with van der Waals surface area (Å²) in [6.45, 7) is 5.79. The number of anilines is 1. The molecule has 0 saturated heterocycles. The van der Waals surface area contributed by atoms with E-state index in [1.165, 1.54) is 32.1 Å². The molecule has 0 aliphatic heterocycles. The number of nitrogens with one attached hydrogen (secondary N) is 3. The van der Waals surface area contributed by atoms with Crippen molar-refractivity contribution in [2.75, 3.05) is 5.32 Å². The quantitative estimate of drug-likeness (QED) is 0.720. The molecule has 2 aromatic rings. The molecule has 3 N–H and O–H groups in total. The van der Waals surface area contributed by atoms with E-state index in [2.05, 4.69) is 20.8 Å². The first kappa shape index (κ1) is 20.1. The van der Waals surface area contributed by atoms with E-state index < -0.39 is 0 Å². The molecule has 1 aromatic heterocycles. The predicted octanol–water partition coefficient (Wildman–Crippen LogP) is 4.31. The molecular weight excluding hydrogens is 352 g/mol. The molecule has 0 bridgehead atoms. The van der Waals surface area contributed by atoms with Gasteiger partial charge in [0.1, 0.15) is 0 Å². The Kier molecular flexibility index (Phi) is 6.17. The van der Waals surface area contributed by atoms with Crippen LogP contribution >= 0.6 is 0 Å². The van der Waals surface area contributed by atoms with Crippen LogP contribution in [0.25, 0.3) is 0 Å². The number of aromatic nitrogens is 2. The van der Waals surface area contributed by atoms with Crippen LogP contribution in [0.3, 0.4) is 0 Å². The average Bonchev–Trinajstić information content (AvgIpc) is 3.08. The van der Waals surface area contributed by atoms with Crippen LogP contribution in [0, 0.1) is 5.92 Å². The fraction of sp³-hybridized carbons (Fsp3) is 0.500. The van der Waals surface area contributed by atoms with Crippen molar-refractivity contribution in [3.05, 3.63) is 47.2 Å². The molecule has 1 aromatic carbocycles. The molecule has 0 unspecified atom stereocenters. The number of hydrogen-bond acceptors (Lipinski definition) is 3. The molecule has 0 spiro atoms. The highest BCUT2D eigenvalue weighted by Gasteiger charge is 2.17. The van der Waals surface area contributed by atoms with Crippen LogP contribution in [0.2, 0.25) is 0 Å². The van der Waals surface area contributed by atoms with E-state index in [1.807, 2.05) is 26.8 Å². The first-order valence-electron chi connectivity index (χ1n) is 10.1. The van der Waals surface area contributed by atoms with Crippen LogP contribution in [0.4, 0.5) is 5.82 Å². The minimum absolute atomic E-state index is 0.154. The van der Waals surface area contributed by atoms with Crippen LogP contribution < -0.4 is 10.6 Å². The number of H-pyrrole nitrogens is 1. The third-order valence-electron chi connectivity index (χ3n) is 5.00. The first-order valence-corrected chi connectivity index (χ1v) is 10.1. The van der Waals surface area contributed by atoms with Crippen LogP contribution in [0.15, 0.2) is 30.3 Å². The molecule has 1 saturated carbocycles. The van der Waals surface area contributed by atoms with Crippen LogP contribution in [0.1, 0.15) is 79.3 Å². The molecule has 6 heteroatoms.